The Morgan fingerprint density at radius 1 is 1.35 bits per heavy atom. The molecule has 0 aromatic rings. The molecule has 1 saturated heterocycles. The van der Waals surface area contributed by atoms with E-state index in [1.54, 1.807) is 0 Å². The van der Waals surface area contributed by atoms with Crippen LogP contribution in [0, 0.1) is 5.92 Å². The minimum Gasteiger partial charge on any atom is -0.375 e. The number of unbranched alkanes of at least 4 members (excludes halogenated alkanes) is 2. The van der Waals surface area contributed by atoms with Crippen molar-refractivity contribution in [2.45, 2.75) is 76.4 Å². The molecular weight excluding hydrogens is 210 g/mol. The van der Waals surface area contributed by atoms with Gasteiger partial charge < -0.3 is 10.1 Å². The van der Waals surface area contributed by atoms with Gasteiger partial charge in [0, 0.05) is 12.6 Å². The number of nitrogens with one attached hydrogen (secondary N) is 1. The Bertz CT molecular complexity index is 225. The van der Waals surface area contributed by atoms with Crippen LogP contribution in [-0.2, 0) is 4.74 Å². The molecule has 100 valence electrons. The summed E-state index contributed by atoms with van der Waals surface area (Å²) in [6.45, 7) is 3.28. The standard InChI is InChI=1S/C15H29NO/c1-3-4-5-7-14(16-2)13-8-11-17-15(12-13)9-6-10-15/h13-14,16H,3-12H2,1-2H3. The summed E-state index contributed by atoms with van der Waals surface area (Å²) in [5.41, 5.74) is 0.308. The second kappa shape index (κ2) is 6.19. The third-order valence-electron chi connectivity index (χ3n) is 4.85. The van der Waals surface area contributed by atoms with Crippen LogP contribution < -0.4 is 5.32 Å². The van der Waals surface area contributed by atoms with Crippen molar-refractivity contribution in [2.75, 3.05) is 13.7 Å². The van der Waals surface area contributed by atoms with Gasteiger partial charge in [-0.05, 0) is 51.5 Å². The lowest BCUT2D eigenvalue weighted by molar-refractivity contribution is -0.147. The van der Waals surface area contributed by atoms with Gasteiger partial charge in [-0.3, -0.25) is 0 Å². The summed E-state index contributed by atoms with van der Waals surface area (Å²) in [6, 6.07) is 0.725. The monoisotopic (exact) mass is 239 g/mol. The van der Waals surface area contributed by atoms with Gasteiger partial charge in [-0.1, -0.05) is 26.2 Å². The van der Waals surface area contributed by atoms with Gasteiger partial charge in [0.15, 0.2) is 0 Å². The molecule has 2 atom stereocenters. The van der Waals surface area contributed by atoms with Crippen molar-refractivity contribution >= 4 is 0 Å². The van der Waals surface area contributed by atoms with E-state index in [-0.39, 0.29) is 0 Å². The molecule has 0 amide bonds. The molecule has 17 heavy (non-hydrogen) atoms. The van der Waals surface area contributed by atoms with Crippen LogP contribution in [0.15, 0.2) is 0 Å². The average molecular weight is 239 g/mol. The molecule has 2 fully saturated rings. The summed E-state index contributed by atoms with van der Waals surface area (Å²) < 4.78 is 6.02. The molecule has 1 N–H and O–H groups in total. The Balaban J connectivity index is 1.81. The first kappa shape index (κ1) is 13.4. The third kappa shape index (κ3) is 3.23. The minimum absolute atomic E-state index is 0.308. The lowest BCUT2D eigenvalue weighted by Crippen LogP contribution is -2.49. The maximum absolute atomic E-state index is 6.02. The molecule has 2 rings (SSSR count). The molecule has 0 bridgehead atoms. The molecule has 0 radical (unpaired) electrons. The molecule has 1 saturated carbocycles. The third-order valence-corrected chi connectivity index (χ3v) is 4.85. The second-order valence-electron chi connectivity index (χ2n) is 6.03. The van der Waals surface area contributed by atoms with E-state index >= 15 is 0 Å². The van der Waals surface area contributed by atoms with Crippen LogP contribution in [0.2, 0.25) is 0 Å². The second-order valence-corrected chi connectivity index (χ2v) is 6.03. The Morgan fingerprint density at radius 3 is 2.76 bits per heavy atom. The first-order valence-electron chi connectivity index (χ1n) is 7.61. The van der Waals surface area contributed by atoms with Gasteiger partial charge in [0.2, 0.25) is 0 Å². The molecule has 2 heteroatoms. The van der Waals surface area contributed by atoms with Crippen LogP contribution in [0.25, 0.3) is 0 Å². The van der Waals surface area contributed by atoms with E-state index in [0.29, 0.717) is 5.60 Å². The first-order chi connectivity index (χ1) is 8.29. The van der Waals surface area contributed by atoms with Crippen LogP contribution >= 0.6 is 0 Å². The van der Waals surface area contributed by atoms with E-state index in [9.17, 15) is 0 Å². The van der Waals surface area contributed by atoms with Crippen molar-refractivity contribution in [3.05, 3.63) is 0 Å². The summed E-state index contributed by atoms with van der Waals surface area (Å²) >= 11 is 0. The Morgan fingerprint density at radius 2 is 2.18 bits per heavy atom. The highest BCUT2D eigenvalue weighted by Gasteiger charge is 2.43. The quantitative estimate of drug-likeness (QED) is 0.716. The molecule has 2 aliphatic rings. The predicted octanol–water partition coefficient (Wildman–Crippen LogP) is 3.50. The predicted molar refractivity (Wildman–Crippen MR) is 72.2 cm³/mol. The minimum atomic E-state index is 0.308. The highest BCUT2D eigenvalue weighted by molar-refractivity contribution is 4.96. The zero-order valence-electron chi connectivity index (χ0n) is 11.6. The fourth-order valence-corrected chi connectivity index (χ4v) is 3.56. The van der Waals surface area contributed by atoms with Crippen LogP contribution in [-0.4, -0.2) is 25.3 Å². The molecule has 1 aliphatic heterocycles. The van der Waals surface area contributed by atoms with E-state index in [4.69, 9.17) is 4.74 Å². The fraction of sp³-hybridized carbons (Fsp3) is 1.00. The lowest BCUT2D eigenvalue weighted by Gasteiger charge is -2.48. The van der Waals surface area contributed by atoms with E-state index in [0.717, 1.165) is 18.6 Å². The van der Waals surface area contributed by atoms with Gasteiger partial charge in [0.05, 0.1) is 5.60 Å². The van der Waals surface area contributed by atoms with Crippen molar-refractivity contribution in [2.24, 2.45) is 5.92 Å². The smallest absolute Gasteiger partial charge is 0.0685 e. The number of hydrogen-bond donors (Lipinski definition) is 1. The summed E-state index contributed by atoms with van der Waals surface area (Å²) in [5.74, 6) is 0.853. The molecule has 2 nitrogen and oxygen atoms in total. The average Bonchev–Trinajstić information content (AvgIpc) is 2.33. The van der Waals surface area contributed by atoms with Gasteiger partial charge in [-0.25, -0.2) is 0 Å². The first-order valence-corrected chi connectivity index (χ1v) is 7.61. The number of ether oxygens (including phenoxy) is 1. The number of hydrogen-bond acceptors (Lipinski definition) is 2. The Hall–Kier alpha value is -0.0800. The highest BCUT2D eigenvalue weighted by Crippen LogP contribution is 2.45. The largest absolute Gasteiger partial charge is 0.375 e. The number of rotatable bonds is 6. The fourth-order valence-electron chi connectivity index (χ4n) is 3.56. The maximum atomic E-state index is 6.02. The molecule has 0 aromatic heterocycles. The van der Waals surface area contributed by atoms with Crippen molar-refractivity contribution in [3.63, 3.8) is 0 Å². The van der Waals surface area contributed by atoms with Crippen molar-refractivity contribution in [1.29, 1.82) is 0 Å². The van der Waals surface area contributed by atoms with Crippen molar-refractivity contribution in [3.8, 4) is 0 Å². The topological polar surface area (TPSA) is 21.3 Å². The summed E-state index contributed by atoms with van der Waals surface area (Å²) in [4.78, 5) is 0. The Labute approximate surface area is 107 Å². The van der Waals surface area contributed by atoms with Crippen LogP contribution in [0.1, 0.15) is 64.7 Å². The SMILES string of the molecule is CCCCCC(NC)C1CCOC2(CCC2)C1. The van der Waals surface area contributed by atoms with Crippen molar-refractivity contribution in [1.82, 2.24) is 5.32 Å². The van der Waals surface area contributed by atoms with Crippen LogP contribution in [0.5, 0.6) is 0 Å². The molecule has 0 aromatic carbocycles. The normalized spacial score (nSPS) is 28.9. The van der Waals surface area contributed by atoms with Crippen molar-refractivity contribution < 1.29 is 4.74 Å². The summed E-state index contributed by atoms with van der Waals surface area (Å²) in [6.07, 6.45) is 12.0. The Kier molecular flexibility index (Phi) is 4.87. The maximum Gasteiger partial charge on any atom is 0.0685 e. The van der Waals surface area contributed by atoms with E-state index in [2.05, 4.69) is 19.3 Å². The molecular formula is C15H29NO. The van der Waals surface area contributed by atoms with Gasteiger partial charge in [0.25, 0.3) is 0 Å². The lowest BCUT2D eigenvalue weighted by atomic mass is 9.70. The molecule has 2 unspecified atom stereocenters. The van der Waals surface area contributed by atoms with E-state index in [1.807, 2.05) is 0 Å². The molecule has 1 spiro atoms. The summed E-state index contributed by atoms with van der Waals surface area (Å²) in [5, 5.41) is 3.56. The van der Waals surface area contributed by atoms with E-state index < -0.39 is 0 Å². The van der Waals surface area contributed by atoms with Gasteiger partial charge in [0.1, 0.15) is 0 Å². The van der Waals surface area contributed by atoms with Crippen LogP contribution in [0.4, 0.5) is 0 Å². The van der Waals surface area contributed by atoms with E-state index in [1.165, 1.54) is 57.8 Å². The zero-order valence-corrected chi connectivity index (χ0v) is 11.6. The highest BCUT2D eigenvalue weighted by atomic mass is 16.5. The van der Waals surface area contributed by atoms with Gasteiger partial charge >= 0.3 is 0 Å². The van der Waals surface area contributed by atoms with Gasteiger partial charge in [-0.2, -0.15) is 0 Å². The van der Waals surface area contributed by atoms with Crippen LogP contribution in [0.3, 0.4) is 0 Å². The molecule has 1 aliphatic carbocycles. The van der Waals surface area contributed by atoms with Gasteiger partial charge in [-0.15, -0.1) is 0 Å². The summed E-state index contributed by atoms with van der Waals surface area (Å²) in [7, 11) is 2.14. The zero-order chi connectivity index (χ0) is 12.1. The molecule has 1 heterocycles.